The van der Waals surface area contributed by atoms with Gasteiger partial charge in [0.1, 0.15) is 0 Å². The maximum Gasteiger partial charge on any atom is 0.191 e. The molecule has 3 aromatic rings. The fourth-order valence-corrected chi connectivity index (χ4v) is 3.23. The predicted octanol–water partition coefficient (Wildman–Crippen LogP) is 5.04. The highest BCUT2D eigenvalue weighted by Gasteiger charge is 2.05. The molecule has 2 N–H and O–H groups in total. The third kappa shape index (κ3) is 5.08. The summed E-state index contributed by atoms with van der Waals surface area (Å²) in [6.07, 6.45) is 4.79. The quantitative estimate of drug-likeness (QED) is 0.352. The maximum absolute atomic E-state index is 5.41. The number of rotatable bonds is 6. The van der Waals surface area contributed by atoms with Crippen molar-refractivity contribution >= 4 is 29.2 Å². The van der Waals surface area contributed by atoms with Crippen LogP contribution in [-0.4, -0.2) is 15.9 Å². The van der Waals surface area contributed by atoms with Crippen molar-refractivity contribution in [2.24, 2.45) is 5.10 Å². The predicted molar refractivity (Wildman–Crippen MR) is 122 cm³/mol. The summed E-state index contributed by atoms with van der Waals surface area (Å²) in [6, 6.07) is 18.9. The van der Waals surface area contributed by atoms with E-state index in [2.05, 4.69) is 89.8 Å². The first kappa shape index (κ1) is 19.8. The van der Waals surface area contributed by atoms with E-state index in [0.717, 1.165) is 24.3 Å². The molecule has 3 rings (SSSR count). The van der Waals surface area contributed by atoms with Crippen molar-refractivity contribution in [3.05, 3.63) is 88.7 Å². The molecule has 2 aromatic carbocycles. The number of thiocarbonyl (C=S) groups is 1. The normalized spacial score (nSPS) is 11.0. The lowest BCUT2D eigenvalue weighted by atomic mass is 10.1. The van der Waals surface area contributed by atoms with Crippen LogP contribution in [0.4, 0.5) is 5.69 Å². The minimum atomic E-state index is 0.483. The van der Waals surface area contributed by atoms with E-state index in [-0.39, 0.29) is 0 Å². The molecule has 0 saturated carbocycles. The van der Waals surface area contributed by atoms with E-state index in [9.17, 15) is 0 Å². The van der Waals surface area contributed by atoms with Crippen molar-refractivity contribution < 1.29 is 0 Å². The van der Waals surface area contributed by atoms with Gasteiger partial charge in [0.25, 0.3) is 0 Å². The van der Waals surface area contributed by atoms with E-state index < -0.39 is 0 Å². The smallest absolute Gasteiger partial charge is 0.191 e. The highest BCUT2D eigenvalue weighted by molar-refractivity contribution is 7.80. The SMILES string of the molecule is CCc1cccc(C)c1NC(=S)NN=Cc1cccn1Cc1ccc(C)cc1. The molecular formula is C23H26N4S. The summed E-state index contributed by atoms with van der Waals surface area (Å²) in [5, 5.41) is 8.06. The Morgan fingerprint density at radius 1 is 1.07 bits per heavy atom. The second kappa shape index (κ2) is 9.33. The second-order valence-electron chi connectivity index (χ2n) is 6.83. The number of aryl methyl sites for hydroxylation is 3. The Morgan fingerprint density at radius 2 is 1.86 bits per heavy atom. The van der Waals surface area contributed by atoms with E-state index in [4.69, 9.17) is 12.2 Å². The van der Waals surface area contributed by atoms with Crippen molar-refractivity contribution in [2.75, 3.05) is 5.32 Å². The van der Waals surface area contributed by atoms with Crippen LogP contribution in [0.1, 0.15) is 34.9 Å². The number of anilines is 1. The fourth-order valence-electron chi connectivity index (χ4n) is 3.08. The van der Waals surface area contributed by atoms with Crippen LogP contribution in [0.5, 0.6) is 0 Å². The molecule has 0 radical (unpaired) electrons. The fraction of sp³-hybridized carbons (Fsp3) is 0.217. The summed E-state index contributed by atoms with van der Waals surface area (Å²) in [7, 11) is 0. The number of para-hydroxylation sites is 1. The molecule has 1 aromatic heterocycles. The first-order chi connectivity index (χ1) is 13.6. The summed E-state index contributed by atoms with van der Waals surface area (Å²) in [6.45, 7) is 7.11. The van der Waals surface area contributed by atoms with Crippen LogP contribution < -0.4 is 10.7 Å². The third-order valence-electron chi connectivity index (χ3n) is 4.68. The Kier molecular flexibility index (Phi) is 6.61. The Morgan fingerprint density at radius 3 is 2.61 bits per heavy atom. The van der Waals surface area contributed by atoms with Crippen LogP contribution >= 0.6 is 12.2 Å². The summed E-state index contributed by atoms with van der Waals surface area (Å²) < 4.78 is 2.16. The summed E-state index contributed by atoms with van der Waals surface area (Å²) >= 11 is 5.41. The van der Waals surface area contributed by atoms with E-state index in [1.165, 1.54) is 22.3 Å². The standard InChI is InChI=1S/C23H26N4S/c1-4-20-8-5-7-18(3)22(20)25-23(28)26-24-15-21-9-6-14-27(21)16-19-12-10-17(2)11-13-19/h5-15H,4,16H2,1-3H3,(H2,25,26,28). The lowest BCUT2D eigenvalue weighted by molar-refractivity contribution is 0.798. The summed E-state index contributed by atoms with van der Waals surface area (Å²) in [4.78, 5) is 0. The zero-order valence-corrected chi connectivity index (χ0v) is 17.4. The van der Waals surface area contributed by atoms with Crippen molar-refractivity contribution in [1.82, 2.24) is 9.99 Å². The number of hydrogen-bond donors (Lipinski definition) is 2. The number of aromatic nitrogens is 1. The van der Waals surface area contributed by atoms with Gasteiger partial charge >= 0.3 is 0 Å². The monoisotopic (exact) mass is 390 g/mol. The topological polar surface area (TPSA) is 41.4 Å². The first-order valence-electron chi connectivity index (χ1n) is 9.46. The minimum Gasteiger partial charge on any atom is -0.342 e. The highest BCUT2D eigenvalue weighted by atomic mass is 32.1. The Bertz CT molecular complexity index is 971. The molecule has 0 spiro atoms. The van der Waals surface area contributed by atoms with Gasteiger partial charge in [0.05, 0.1) is 11.9 Å². The molecule has 28 heavy (non-hydrogen) atoms. The van der Waals surface area contributed by atoms with Gasteiger partial charge in [-0.1, -0.05) is 55.0 Å². The summed E-state index contributed by atoms with van der Waals surface area (Å²) in [5.74, 6) is 0. The van der Waals surface area contributed by atoms with Crippen LogP contribution in [-0.2, 0) is 13.0 Å². The molecule has 0 unspecified atom stereocenters. The lowest BCUT2D eigenvalue weighted by Gasteiger charge is -2.14. The van der Waals surface area contributed by atoms with Crippen LogP contribution in [0.3, 0.4) is 0 Å². The van der Waals surface area contributed by atoms with Gasteiger partial charge in [0, 0.05) is 18.4 Å². The van der Waals surface area contributed by atoms with Gasteiger partial charge in [-0.3, -0.25) is 5.43 Å². The number of hydrogen-bond acceptors (Lipinski definition) is 2. The van der Waals surface area contributed by atoms with Crippen LogP contribution in [0.2, 0.25) is 0 Å². The zero-order chi connectivity index (χ0) is 19.9. The molecule has 5 heteroatoms. The molecule has 144 valence electrons. The molecule has 0 aliphatic rings. The van der Waals surface area contributed by atoms with Gasteiger partial charge in [0.2, 0.25) is 0 Å². The molecule has 1 heterocycles. The molecule has 0 aliphatic carbocycles. The number of benzene rings is 2. The molecule has 0 aliphatic heterocycles. The van der Waals surface area contributed by atoms with Gasteiger partial charge in [0.15, 0.2) is 5.11 Å². The number of nitrogens with one attached hydrogen (secondary N) is 2. The average Bonchev–Trinajstić information content (AvgIpc) is 3.12. The van der Waals surface area contributed by atoms with Crippen molar-refractivity contribution in [1.29, 1.82) is 0 Å². The third-order valence-corrected chi connectivity index (χ3v) is 4.87. The van der Waals surface area contributed by atoms with Gasteiger partial charge in [-0.15, -0.1) is 0 Å². The first-order valence-corrected chi connectivity index (χ1v) is 9.87. The second-order valence-corrected chi connectivity index (χ2v) is 7.24. The van der Waals surface area contributed by atoms with Crippen molar-refractivity contribution in [3.8, 4) is 0 Å². The van der Waals surface area contributed by atoms with E-state index in [0.29, 0.717) is 5.11 Å². The largest absolute Gasteiger partial charge is 0.342 e. The minimum absolute atomic E-state index is 0.483. The Labute approximate surface area is 172 Å². The molecule has 0 bridgehead atoms. The zero-order valence-electron chi connectivity index (χ0n) is 16.6. The molecule has 4 nitrogen and oxygen atoms in total. The summed E-state index contributed by atoms with van der Waals surface area (Å²) in [5.41, 5.74) is 9.92. The van der Waals surface area contributed by atoms with Gasteiger partial charge in [-0.25, -0.2) is 0 Å². The lowest BCUT2D eigenvalue weighted by Crippen LogP contribution is -2.25. The van der Waals surface area contributed by atoms with Crippen molar-refractivity contribution in [2.45, 2.75) is 33.7 Å². The maximum atomic E-state index is 5.41. The van der Waals surface area contributed by atoms with E-state index in [1.54, 1.807) is 6.21 Å². The van der Waals surface area contributed by atoms with Crippen LogP contribution in [0.15, 0.2) is 65.9 Å². The molecule has 0 saturated heterocycles. The van der Waals surface area contributed by atoms with Gasteiger partial charge in [-0.2, -0.15) is 5.10 Å². The van der Waals surface area contributed by atoms with Crippen molar-refractivity contribution in [3.63, 3.8) is 0 Å². The van der Waals surface area contributed by atoms with Gasteiger partial charge in [-0.05, 0) is 61.3 Å². The van der Waals surface area contributed by atoms with E-state index >= 15 is 0 Å². The molecular weight excluding hydrogens is 364 g/mol. The molecule has 0 atom stereocenters. The Hall–Kier alpha value is -2.92. The van der Waals surface area contributed by atoms with Gasteiger partial charge < -0.3 is 9.88 Å². The van der Waals surface area contributed by atoms with Crippen LogP contribution in [0, 0.1) is 13.8 Å². The van der Waals surface area contributed by atoms with Crippen LogP contribution in [0.25, 0.3) is 0 Å². The average molecular weight is 391 g/mol. The molecule has 0 amide bonds. The highest BCUT2D eigenvalue weighted by Crippen LogP contribution is 2.20. The molecule has 0 fully saturated rings. The number of nitrogens with zero attached hydrogens (tertiary/aromatic N) is 2. The number of hydrazone groups is 1. The Balaban J connectivity index is 1.62. The van der Waals surface area contributed by atoms with E-state index in [1.807, 2.05) is 12.1 Å².